The molecule has 3 aromatic carbocycles. The zero-order chi connectivity index (χ0) is 19.7. The van der Waals surface area contributed by atoms with E-state index in [9.17, 15) is 9.90 Å². The van der Waals surface area contributed by atoms with Crippen molar-refractivity contribution >= 4 is 22.6 Å². The summed E-state index contributed by atoms with van der Waals surface area (Å²) in [5.41, 5.74) is 15.9. The molecule has 0 saturated heterocycles. The number of rotatable bonds is 5. The Morgan fingerprint density at radius 1 is 1.11 bits per heavy atom. The van der Waals surface area contributed by atoms with Crippen LogP contribution in [-0.2, 0) is 6.42 Å². The van der Waals surface area contributed by atoms with Gasteiger partial charge in [-0.1, -0.05) is 30.3 Å². The van der Waals surface area contributed by atoms with Gasteiger partial charge < -0.3 is 16.6 Å². The van der Waals surface area contributed by atoms with E-state index < -0.39 is 5.91 Å². The van der Waals surface area contributed by atoms with Gasteiger partial charge in [-0.05, 0) is 59.9 Å². The number of nitrogens with zero attached hydrogens (tertiary/aromatic N) is 1. The van der Waals surface area contributed by atoms with Crippen molar-refractivity contribution in [3.63, 3.8) is 0 Å². The van der Waals surface area contributed by atoms with Crippen LogP contribution >= 0.6 is 0 Å². The van der Waals surface area contributed by atoms with Gasteiger partial charge in [0.15, 0.2) is 5.82 Å². The van der Waals surface area contributed by atoms with E-state index in [1.54, 1.807) is 18.2 Å². The number of anilines is 1. The lowest BCUT2D eigenvalue weighted by Gasteiger charge is -2.10. The van der Waals surface area contributed by atoms with Gasteiger partial charge >= 0.3 is 0 Å². The van der Waals surface area contributed by atoms with Crippen molar-refractivity contribution in [3.8, 4) is 16.9 Å². The molecule has 4 aromatic rings. The van der Waals surface area contributed by atoms with E-state index in [0.717, 1.165) is 27.6 Å². The van der Waals surface area contributed by atoms with Gasteiger partial charge in [0.25, 0.3) is 0 Å². The number of benzene rings is 3. The topological polar surface area (TPSA) is 118 Å². The van der Waals surface area contributed by atoms with Crippen molar-refractivity contribution in [2.45, 2.75) is 6.42 Å². The quantitative estimate of drug-likeness (QED) is 0.430. The lowest BCUT2D eigenvalue weighted by atomic mass is 9.96. The highest BCUT2D eigenvalue weighted by molar-refractivity contribution is 5.94. The highest BCUT2D eigenvalue weighted by Crippen LogP contribution is 2.33. The Morgan fingerprint density at radius 2 is 1.93 bits per heavy atom. The summed E-state index contributed by atoms with van der Waals surface area (Å²) in [7, 11) is 0. The van der Waals surface area contributed by atoms with Crippen LogP contribution in [0.3, 0.4) is 0 Å². The Bertz CT molecular complexity index is 1180. The first-order chi connectivity index (χ1) is 13.5. The van der Waals surface area contributed by atoms with Crippen LogP contribution in [0.1, 0.15) is 21.5 Å². The van der Waals surface area contributed by atoms with E-state index >= 15 is 0 Å². The molecule has 0 saturated carbocycles. The largest absolute Gasteiger partial charge is 0.507 e. The fourth-order valence-corrected chi connectivity index (χ4v) is 3.29. The predicted octanol–water partition coefficient (Wildman–Crippen LogP) is 3.41. The fraction of sp³-hybridized carbons (Fsp3) is 0.0455. The van der Waals surface area contributed by atoms with Crippen molar-refractivity contribution in [2.24, 2.45) is 5.73 Å². The zero-order valence-corrected chi connectivity index (χ0v) is 15.0. The number of phenolic OH excluding ortho intramolecular Hbond substituents is 1. The van der Waals surface area contributed by atoms with Crippen molar-refractivity contribution in [2.75, 3.05) is 5.73 Å². The Balaban J connectivity index is 1.63. The summed E-state index contributed by atoms with van der Waals surface area (Å²) in [6.45, 7) is 0. The summed E-state index contributed by atoms with van der Waals surface area (Å²) >= 11 is 0. The average Bonchev–Trinajstić information content (AvgIpc) is 3.07. The Morgan fingerprint density at radius 3 is 2.75 bits per heavy atom. The molecule has 0 aliphatic rings. The Kier molecular flexibility index (Phi) is 4.45. The molecule has 6 heteroatoms. The number of hydrogen-bond acceptors (Lipinski definition) is 4. The molecule has 139 valence electrons. The molecule has 4 rings (SSSR count). The van der Waals surface area contributed by atoms with Gasteiger partial charge in [0.05, 0.1) is 5.52 Å². The number of carbonyl (C=O) groups excluding carboxylic acids is 1. The highest BCUT2D eigenvalue weighted by atomic mass is 16.3. The molecule has 0 spiro atoms. The van der Waals surface area contributed by atoms with Crippen molar-refractivity contribution in [3.05, 3.63) is 83.8 Å². The standard InChI is InChI=1S/C22H19N4O2/c23-21-17-9-8-15(12-19(17)25-26-21)18-11-13(6-10-20(18)27)5-7-14-3-1-2-4-16(14)22(24)28/h1-6,8-12,27H,7H2,(H2,24,28)(H3,23,25,26). The number of aromatic nitrogens is 2. The van der Waals surface area contributed by atoms with Crippen LogP contribution in [0.2, 0.25) is 0 Å². The van der Waals surface area contributed by atoms with E-state index in [-0.39, 0.29) is 5.75 Å². The second-order valence-electron chi connectivity index (χ2n) is 6.58. The number of H-pyrrole nitrogens is 1. The number of phenols is 1. The predicted molar refractivity (Wildman–Crippen MR) is 110 cm³/mol. The third-order valence-electron chi connectivity index (χ3n) is 4.76. The number of nitrogens with one attached hydrogen (secondary N) is 1. The molecule has 0 unspecified atom stereocenters. The first kappa shape index (κ1) is 17.6. The van der Waals surface area contributed by atoms with Gasteiger partial charge in [-0.15, -0.1) is 0 Å². The van der Waals surface area contributed by atoms with Crippen LogP contribution in [0, 0.1) is 6.42 Å². The Hall–Kier alpha value is -3.80. The summed E-state index contributed by atoms with van der Waals surface area (Å²) in [6, 6.07) is 18.4. The second kappa shape index (κ2) is 7.08. The van der Waals surface area contributed by atoms with Crippen molar-refractivity contribution < 1.29 is 9.90 Å². The first-order valence-corrected chi connectivity index (χ1v) is 8.81. The molecule has 1 aromatic heterocycles. The minimum atomic E-state index is -0.442. The normalized spacial score (nSPS) is 11.0. The van der Waals surface area contributed by atoms with Crippen LogP contribution in [0.4, 0.5) is 5.82 Å². The number of aromatic hydroxyl groups is 1. The Labute approximate surface area is 161 Å². The van der Waals surface area contributed by atoms with Gasteiger partial charge in [-0.3, -0.25) is 9.89 Å². The molecule has 6 nitrogen and oxygen atoms in total. The maximum Gasteiger partial charge on any atom is 0.248 e. The molecule has 1 amide bonds. The van der Waals surface area contributed by atoms with Crippen molar-refractivity contribution in [1.29, 1.82) is 0 Å². The van der Waals surface area contributed by atoms with E-state index in [1.165, 1.54) is 0 Å². The number of nitrogens with two attached hydrogens (primary N) is 2. The lowest BCUT2D eigenvalue weighted by Crippen LogP contribution is -2.13. The summed E-state index contributed by atoms with van der Waals surface area (Å²) in [5.74, 6) is 0.185. The number of fused-ring (bicyclic) bond motifs is 1. The summed E-state index contributed by atoms with van der Waals surface area (Å²) < 4.78 is 0. The molecule has 0 aliphatic heterocycles. The molecule has 6 N–H and O–H groups in total. The number of carbonyl (C=O) groups is 1. The van der Waals surface area contributed by atoms with Gasteiger partial charge in [-0.2, -0.15) is 5.10 Å². The van der Waals surface area contributed by atoms with E-state index in [4.69, 9.17) is 11.5 Å². The minimum Gasteiger partial charge on any atom is -0.507 e. The zero-order valence-electron chi connectivity index (χ0n) is 15.0. The molecule has 0 bridgehead atoms. The lowest BCUT2D eigenvalue weighted by molar-refractivity contribution is 0.0999. The van der Waals surface area contributed by atoms with Crippen LogP contribution in [0.5, 0.6) is 5.75 Å². The first-order valence-electron chi connectivity index (χ1n) is 8.81. The third-order valence-corrected chi connectivity index (χ3v) is 4.76. The summed E-state index contributed by atoms with van der Waals surface area (Å²) in [4.78, 5) is 11.6. The molecule has 0 fully saturated rings. The smallest absolute Gasteiger partial charge is 0.248 e. The molecule has 1 radical (unpaired) electrons. The van der Waals surface area contributed by atoms with Gasteiger partial charge in [0, 0.05) is 16.5 Å². The third kappa shape index (κ3) is 3.27. The number of nitrogen functional groups attached to an aromatic ring is 1. The number of hydrogen-bond donors (Lipinski definition) is 4. The molecule has 0 aliphatic carbocycles. The SMILES string of the molecule is NC(=O)c1ccccc1C[CH]c1ccc(O)c(-c2ccc3c(N)n[nH]c3c2)c1. The molecular formula is C22H19N4O2. The molecule has 0 atom stereocenters. The summed E-state index contributed by atoms with van der Waals surface area (Å²) in [5, 5.41) is 18.1. The van der Waals surface area contributed by atoms with Crippen LogP contribution in [0.25, 0.3) is 22.0 Å². The van der Waals surface area contributed by atoms with Crippen molar-refractivity contribution in [1.82, 2.24) is 10.2 Å². The second-order valence-corrected chi connectivity index (χ2v) is 6.58. The number of amides is 1. The monoisotopic (exact) mass is 371 g/mol. The average molecular weight is 371 g/mol. The molecule has 28 heavy (non-hydrogen) atoms. The number of aromatic amines is 1. The maximum atomic E-state index is 11.6. The van der Waals surface area contributed by atoms with Gasteiger partial charge in [0.1, 0.15) is 5.75 Å². The van der Waals surface area contributed by atoms with Gasteiger partial charge in [0.2, 0.25) is 5.91 Å². The van der Waals surface area contributed by atoms with Crippen LogP contribution in [-0.4, -0.2) is 21.2 Å². The highest BCUT2D eigenvalue weighted by Gasteiger charge is 2.11. The van der Waals surface area contributed by atoms with E-state index in [1.807, 2.05) is 48.9 Å². The molecular weight excluding hydrogens is 352 g/mol. The van der Waals surface area contributed by atoms with Gasteiger partial charge in [-0.25, -0.2) is 0 Å². The minimum absolute atomic E-state index is 0.182. The summed E-state index contributed by atoms with van der Waals surface area (Å²) in [6.07, 6.45) is 2.55. The van der Waals surface area contributed by atoms with E-state index in [2.05, 4.69) is 10.2 Å². The van der Waals surface area contributed by atoms with E-state index in [0.29, 0.717) is 23.4 Å². The number of primary amides is 1. The molecule has 1 heterocycles. The van der Waals surface area contributed by atoms with Crippen LogP contribution < -0.4 is 11.5 Å². The maximum absolute atomic E-state index is 11.6. The van der Waals surface area contributed by atoms with Crippen LogP contribution in [0.15, 0.2) is 60.7 Å². The fourth-order valence-electron chi connectivity index (χ4n) is 3.29.